The molecule has 0 saturated carbocycles. The van der Waals surface area contributed by atoms with E-state index in [9.17, 15) is 9.59 Å². The van der Waals surface area contributed by atoms with Crippen molar-refractivity contribution in [2.45, 2.75) is 44.6 Å². The van der Waals surface area contributed by atoms with Gasteiger partial charge in [-0.15, -0.1) is 0 Å². The first-order valence-electron chi connectivity index (χ1n) is 10.1. The number of amides is 2. The monoisotopic (exact) mass is 373 g/mol. The molecule has 3 rings (SSSR count). The van der Waals surface area contributed by atoms with Crippen LogP contribution in [-0.4, -0.2) is 72.6 Å². The second-order valence-corrected chi connectivity index (χ2v) is 7.61. The van der Waals surface area contributed by atoms with Crippen molar-refractivity contribution >= 4 is 17.5 Å². The van der Waals surface area contributed by atoms with Gasteiger partial charge in [0.25, 0.3) is 5.91 Å². The van der Waals surface area contributed by atoms with E-state index in [1.165, 1.54) is 0 Å². The Morgan fingerprint density at radius 3 is 2.63 bits per heavy atom. The summed E-state index contributed by atoms with van der Waals surface area (Å²) in [6, 6.07) is 7.84. The lowest BCUT2D eigenvalue weighted by atomic mass is 9.98. The Hall–Kier alpha value is -2.08. The van der Waals surface area contributed by atoms with Crippen molar-refractivity contribution in [1.82, 2.24) is 9.80 Å². The van der Waals surface area contributed by atoms with E-state index in [-0.39, 0.29) is 24.5 Å². The Balaban J connectivity index is 1.63. The van der Waals surface area contributed by atoms with Gasteiger partial charge in [0.2, 0.25) is 5.91 Å². The molecule has 2 fully saturated rings. The summed E-state index contributed by atoms with van der Waals surface area (Å²) in [5.74, 6) is 0.343. The largest absolute Gasteiger partial charge is 0.395 e. The number of aliphatic hydroxyl groups excluding tert-OH is 1. The second-order valence-electron chi connectivity index (χ2n) is 7.61. The molecule has 1 aromatic carbocycles. The van der Waals surface area contributed by atoms with Gasteiger partial charge >= 0.3 is 0 Å². The van der Waals surface area contributed by atoms with Crippen molar-refractivity contribution in [3.63, 3.8) is 0 Å². The highest BCUT2D eigenvalue weighted by molar-refractivity contribution is 5.94. The first kappa shape index (κ1) is 19.7. The van der Waals surface area contributed by atoms with Crippen LogP contribution in [0.2, 0.25) is 0 Å². The van der Waals surface area contributed by atoms with E-state index in [1.54, 1.807) is 0 Å². The lowest BCUT2D eigenvalue weighted by Gasteiger charge is -2.36. The normalized spacial score (nSPS) is 20.2. The van der Waals surface area contributed by atoms with Crippen LogP contribution in [0.3, 0.4) is 0 Å². The van der Waals surface area contributed by atoms with Crippen molar-refractivity contribution in [3.8, 4) is 0 Å². The van der Waals surface area contributed by atoms with E-state index in [0.717, 1.165) is 57.4 Å². The summed E-state index contributed by atoms with van der Waals surface area (Å²) >= 11 is 0. The van der Waals surface area contributed by atoms with Gasteiger partial charge in [-0.3, -0.25) is 9.59 Å². The fourth-order valence-corrected chi connectivity index (χ4v) is 4.12. The zero-order valence-electron chi connectivity index (χ0n) is 16.3. The fourth-order valence-electron chi connectivity index (χ4n) is 4.12. The number of anilines is 1. The molecule has 2 aliphatic heterocycles. The third-order valence-electron chi connectivity index (χ3n) is 5.78. The Labute approximate surface area is 161 Å². The van der Waals surface area contributed by atoms with Gasteiger partial charge in [-0.25, -0.2) is 0 Å². The molecule has 2 heterocycles. The maximum Gasteiger partial charge on any atom is 0.254 e. The number of aliphatic hydroxyl groups is 1. The molecule has 6 nitrogen and oxygen atoms in total. The van der Waals surface area contributed by atoms with Crippen LogP contribution in [0, 0.1) is 0 Å². The number of likely N-dealkylation sites (tertiary alicyclic amines) is 2. The summed E-state index contributed by atoms with van der Waals surface area (Å²) in [6.45, 7) is 3.09. The molecule has 1 N–H and O–H groups in total. The van der Waals surface area contributed by atoms with Crippen molar-refractivity contribution in [1.29, 1.82) is 0 Å². The van der Waals surface area contributed by atoms with Crippen LogP contribution in [0.15, 0.2) is 24.3 Å². The average molecular weight is 373 g/mol. The highest BCUT2D eigenvalue weighted by Crippen LogP contribution is 2.24. The van der Waals surface area contributed by atoms with Gasteiger partial charge in [-0.1, -0.05) is 0 Å². The maximum atomic E-state index is 13.1. The van der Waals surface area contributed by atoms with Gasteiger partial charge in [0.1, 0.15) is 0 Å². The summed E-state index contributed by atoms with van der Waals surface area (Å²) in [4.78, 5) is 30.8. The number of piperidine rings is 1. The van der Waals surface area contributed by atoms with Gasteiger partial charge in [0.05, 0.1) is 6.61 Å². The minimum Gasteiger partial charge on any atom is -0.395 e. The zero-order valence-corrected chi connectivity index (χ0v) is 16.3. The van der Waals surface area contributed by atoms with Crippen molar-refractivity contribution < 1.29 is 14.7 Å². The lowest BCUT2D eigenvalue weighted by molar-refractivity contribution is -0.127. The molecule has 0 bridgehead atoms. The molecule has 0 unspecified atom stereocenters. The first-order valence-corrected chi connectivity index (χ1v) is 10.1. The Bertz CT molecular complexity index is 647. The van der Waals surface area contributed by atoms with Gasteiger partial charge in [-0.05, 0) is 56.4 Å². The summed E-state index contributed by atoms with van der Waals surface area (Å²) < 4.78 is 0. The predicted octanol–water partition coefficient (Wildman–Crippen LogP) is 2.12. The summed E-state index contributed by atoms with van der Waals surface area (Å²) in [5.41, 5.74) is 1.70. The number of hydrogen-bond acceptors (Lipinski definition) is 4. The quantitative estimate of drug-likeness (QED) is 0.795. The SMILES string of the molecule is CN(CCO)c1ccc(C(=O)N2CCCC[C@@H]2CCN2CCCC2=O)cc1. The molecule has 2 aliphatic rings. The molecule has 6 heteroatoms. The van der Waals surface area contributed by atoms with Crippen LogP contribution in [-0.2, 0) is 4.79 Å². The molecule has 1 aromatic rings. The molecule has 2 saturated heterocycles. The van der Waals surface area contributed by atoms with E-state index in [2.05, 4.69) is 0 Å². The third-order valence-corrected chi connectivity index (χ3v) is 5.78. The number of rotatable bonds is 7. The Morgan fingerprint density at radius 2 is 1.96 bits per heavy atom. The van der Waals surface area contributed by atoms with Gasteiger partial charge < -0.3 is 19.8 Å². The predicted molar refractivity (Wildman–Crippen MR) is 106 cm³/mol. The minimum atomic E-state index is 0.0869. The van der Waals surface area contributed by atoms with E-state index < -0.39 is 0 Å². The van der Waals surface area contributed by atoms with Crippen LogP contribution in [0.4, 0.5) is 5.69 Å². The van der Waals surface area contributed by atoms with E-state index in [0.29, 0.717) is 18.5 Å². The number of carbonyl (C=O) groups is 2. The highest BCUT2D eigenvalue weighted by atomic mass is 16.3. The number of likely N-dealkylation sites (N-methyl/N-ethyl adjacent to an activating group) is 1. The molecule has 148 valence electrons. The number of benzene rings is 1. The summed E-state index contributed by atoms with van der Waals surface area (Å²) in [5, 5.41) is 9.06. The van der Waals surface area contributed by atoms with Gasteiger partial charge in [0.15, 0.2) is 0 Å². The summed E-state index contributed by atoms with van der Waals surface area (Å²) in [7, 11) is 1.92. The lowest BCUT2D eigenvalue weighted by Crippen LogP contribution is -2.45. The fraction of sp³-hybridized carbons (Fsp3) is 0.619. The number of carbonyl (C=O) groups excluding carboxylic acids is 2. The van der Waals surface area contributed by atoms with E-state index >= 15 is 0 Å². The van der Waals surface area contributed by atoms with E-state index in [4.69, 9.17) is 5.11 Å². The standard InChI is InChI=1S/C21H31N3O3/c1-22(15-16-25)18-9-7-17(8-10-18)21(27)24-13-3-2-5-19(24)11-14-23-12-4-6-20(23)26/h7-10,19,25H,2-6,11-16H2,1H3/t19-/m1/s1. The van der Waals surface area contributed by atoms with Crippen molar-refractivity contribution in [3.05, 3.63) is 29.8 Å². The number of nitrogens with zero attached hydrogens (tertiary/aromatic N) is 3. The zero-order chi connectivity index (χ0) is 19.2. The first-order chi connectivity index (χ1) is 13.1. The smallest absolute Gasteiger partial charge is 0.254 e. The van der Waals surface area contributed by atoms with Crippen LogP contribution >= 0.6 is 0 Å². The van der Waals surface area contributed by atoms with E-state index in [1.807, 2.05) is 46.0 Å². The molecule has 0 radical (unpaired) electrons. The second kappa shape index (κ2) is 9.22. The maximum absolute atomic E-state index is 13.1. The Kier molecular flexibility index (Phi) is 6.72. The minimum absolute atomic E-state index is 0.0869. The molecule has 27 heavy (non-hydrogen) atoms. The molecule has 1 atom stereocenters. The summed E-state index contributed by atoms with van der Waals surface area (Å²) in [6.07, 6.45) is 5.71. The van der Waals surface area contributed by atoms with Crippen LogP contribution in [0.5, 0.6) is 0 Å². The van der Waals surface area contributed by atoms with Crippen LogP contribution < -0.4 is 4.90 Å². The van der Waals surface area contributed by atoms with Crippen LogP contribution in [0.1, 0.15) is 48.9 Å². The molecule has 2 amide bonds. The number of hydrogen-bond donors (Lipinski definition) is 1. The molecule has 0 aromatic heterocycles. The van der Waals surface area contributed by atoms with Gasteiger partial charge in [-0.2, -0.15) is 0 Å². The van der Waals surface area contributed by atoms with Crippen LogP contribution in [0.25, 0.3) is 0 Å². The third kappa shape index (κ3) is 4.80. The average Bonchev–Trinajstić information content (AvgIpc) is 3.11. The van der Waals surface area contributed by atoms with Crippen molar-refractivity contribution in [2.24, 2.45) is 0 Å². The van der Waals surface area contributed by atoms with Crippen molar-refractivity contribution in [2.75, 3.05) is 44.7 Å². The highest BCUT2D eigenvalue weighted by Gasteiger charge is 2.29. The Morgan fingerprint density at radius 1 is 1.19 bits per heavy atom. The topological polar surface area (TPSA) is 64.1 Å². The molecular weight excluding hydrogens is 342 g/mol. The molecule has 0 spiro atoms. The molecule has 0 aliphatic carbocycles. The molecular formula is C21H31N3O3. The van der Waals surface area contributed by atoms with Gasteiger partial charge in [0, 0.05) is 56.9 Å².